The summed E-state index contributed by atoms with van der Waals surface area (Å²) in [7, 11) is -2.99. The third-order valence-electron chi connectivity index (χ3n) is 2.07. The van der Waals surface area contributed by atoms with Gasteiger partial charge in [0.1, 0.15) is 17.5 Å². The molecule has 0 saturated heterocycles. The second kappa shape index (κ2) is 6.69. The van der Waals surface area contributed by atoms with E-state index in [0.717, 1.165) is 0 Å². The van der Waals surface area contributed by atoms with E-state index in [9.17, 15) is 21.6 Å². The number of sulfonamides is 1. The van der Waals surface area contributed by atoms with Gasteiger partial charge in [0, 0.05) is 25.8 Å². The van der Waals surface area contributed by atoms with Crippen molar-refractivity contribution in [2.24, 2.45) is 0 Å². The van der Waals surface area contributed by atoms with Crippen LogP contribution in [-0.4, -0.2) is 33.5 Å². The van der Waals surface area contributed by atoms with E-state index in [2.05, 4.69) is 15.9 Å². The zero-order valence-corrected chi connectivity index (χ0v) is 12.2. The maximum absolute atomic E-state index is 13.3. The molecular formula is C10H11BrF3NO3S. The molecule has 0 fully saturated rings. The summed E-state index contributed by atoms with van der Waals surface area (Å²) < 4.78 is 69.6. The van der Waals surface area contributed by atoms with Crippen molar-refractivity contribution in [1.82, 2.24) is 4.72 Å². The Hall–Kier alpha value is -0.640. The maximum Gasteiger partial charge on any atom is 0.246 e. The fourth-order valence-corrected chi connectivity index (χ4v) is 3.13. The summed E-state index contributed by atoms with van der Waals surface area (Å²) >= 11 is 3.11. The predicted molar refractivity (Wildman–Crippen MR) is 66.1 cm³/mol. The number of methoxy groups -OCH3 is 1. The van der Waals surface area contributed by atoms with E-state index in [0.29, 0.717) is 12.1 Å². The molecule has 0 bridgehead atoms. The van der Waals surface area contributed by atoms with Crippen LogP contribution in [0.4, 0.5) is 13.2 Å². The molecular weight excluding hydrogens is 351 g/mol. The van der Waals surface area contributed by atoms with Crippen molar-refractivity contribution in [1.29, 1.82) is 0 Å². The topological polar surface area (TPSA) is 55.4 Å². The molecule has 108 valence electrons. The van der Waals surface area contributed by atoms with Gasteiger partial charge in [-0.25, -0.2) is 26.3 Å². The minimum Gasteiger partial charge on any atom is -0.383 e. The van der Waals surface area contributed by atoms with Gasteiger partial charge in [0.25, 0.3) is 0 Å². The first kappa shape index (κ1) is 16.4. The molecule has 4 nitrogen and oxygen atoms in total. The van der Waals surface area contributed by atoms with Gasteiger partial charge in [-0.05, 0) is 0 Å². The Morgan fingerprint density at radius 1 is 1.32 bits per heavy atom. The molecule has 0 saturated carbocycles. The summed E-state index contributed by atoms with van der Waals surface area (Å²) in [4.78, 5) is -1.56. The largest absolute Gasteiger partial charge is 0.383 e. The highest BCUT2D eigenvalue weighted by molar-refractivity contribution is 9.09. The van der Waals surface area contributed by atoms with Crippen molar-refractivity contribution >= 4 is 26.0 Å². The summed E-state index contributed by atoms with van der Waals surface area (Å²) in [6, 6.07) is 0.608. The van der Waals surface area contributed by atoms with Crippen molar-refractivity contribution < 1.29 is 26.3 Å². The molecule has 0 radical (unpaired) electrons. The number of hydrogen-bond acceptors (Lipinski definition) is 3. The van der Waals surface area contributed by atoms with Gasteiger partial charge in [-0.1, -0.05) is 15.9 Å². The summed E-state index contributed by atoms with van der Waals surface area (Å²) in [6.07, 6.45) is 0. The van der Waals surface area contributed by atoms with Crippen molar-refractivity contribution in [3.05, 3.63) is 29.6 Å². The lowest BCUT2D eigenvalue weighted by Gasteiger charge is -2.12. The van der Waals surface area contributed by atoms with E-state index in [1.165, 1.54) is 7.11 Å². The number of nitrogens with one attached hydrogen (secondary N) is 1. The number of hydrogen-bond donors (Lipinski definition) is 1. The number of benzene rings is 1. The van der Waals surface area contributed by atoms with Crippen LogP contribution in [0, 0.1) is 17.5 Å². The SMILES string of the molecule is COCC(Br)CNS(=O)(=O)c1c(F)cc(F)cc1F. The molecule has 0 spiro atoms. The van der Waals surface area contributed by atoms with Crippen molar-refractivity contribution in [3.8, 4) is 0 Å². The van der Waals surface area contributed by atoms with Crippen LogP contribution in [0.25, 0.3) is 0 Å². The molecule has 1 aromatic rings. The molecule has 1 rings (SSSR count). The third kappa shape index (κ3) is 4.44. The highest BCUT2D eigenvalue weighted by Crippen LogP contribution is 2.20. The first-order chi connectivity index (χ1) is 8.77. The van der Waals surface area contributed by atoms with E-state index in [-0.39, 0.29) is 18.0 Å². The molecule has 1 atom stereocenters. The Morgan fingerprint density at radius 2 is 1.84 bits per heavy atom. The molecule has 9 heteroatoms. The summed E-state index contributed by atoms with van der Waals surface area (Å²) in [5, 5.41) is 0. The normalized spacial score (nSPS) is 13.5. The van der Waals surface area contributed by atoms with Gasteiger partial charge in [-0.15, -0.1) is 0 Å². The van der Waals surface area contributed by atoms with Gasteiger partial charge in [-0.2, -0.15) is 0 Å². The molecule has 0 aliphatic carbocycles. The van der Waals surface area contributed by atoms with Crippen molar-refractivity contribution in [2.45, 2.75) is 9.72 Å². The summed E-state index contributed by atoms with van der Waals surface area (Å²) in [5.41, 5.74) is 0. The predicted octanol–water partition coefficient (Wildman–Crippen LogP) is 1.79. The second-order valence-corrected chi connectivity index (χ2v) is 6.60. The van der Waals surface area contributed by atoms with Gasteiger partial charge in [0.05, 0.1) is 11.4 Å². The van der Waals surface area contributed by atoms with Crippen LogP contribution in [0.1, 0.15) is 0 Å². The average molecular weight is 362 g/mol. The quantitative estimate of drug-likeness (QED) is 0.786. The number of halogens is 4. The van der Waals surface area contributed by atoms with Gasteiger partial charge >= 0.3 is 0 Å². The van der Waals surface area contributed by atoms with Crippen LogP contribution in [0.2, 0.25) is 0 Å². The summed E-state index contributed by atoms with van der Waals surface area (Å²) in [6.45, 7) is 0.0727. The van der Waals surface area contributed by atoms with Crippen molar-refractivity contribution in [2.75, 3.05) is 20.3 Å². The molecule has 0 aromatic heterocycles. The zero-order chi connectivity index (χ0) is 14.6. The standard InChI is InChI=1S/C10H11BrF3NO3S/c1-18-5-6(11)4-15-19(16,17)10-8(13)2-7(12)3-9(10)14/h2-3,6,15H,4-5H2,1H3. The molecule has 0 amide bonds. The minimum atomic E-state index is -4.40. The Kier molecular flexibility index (Phi) is 5.78. The molecule has 19 heavy (non-hydrogen) atoms. The van der Waals surface area contributed by atoms with Gasteiger partial charge in [-0.3, -0.25) is 0 Å². The monoisotopic (exact) mass is 361 g/mol. The van der Waals surface area contributed by atoms with Crippen LogP contribution in [0.5, 0.6) is 0 Å². The third-order valence-corrected chi connectivity index (χ3v) is 4.14. The summed E-state index contributed by atoms with van der Waals surface area (Å²) in [5.74, 6) is -4.16. The molecule has 0 aliphatic heterocycles. The minimum absolute atomic E-state index is 0.133. The number of alkyl halides is 1. The van der Waals surface area contributed by atoms with Crippen LogP contribution in [0.15, 0.2) is 17.0 Å². The lowest BCUT2D eigenvalue weighted by Crippen LogP contribution is -2.32. The Bertz CT molecular complexity index is 530. The molecule has 0 aliphatic rings. The molecule has 1 N–H and O–H groups in total. The Balaban J connectivity index is 2.95. The highest BCUT2D eigenvalue weighted by Gasteiger charge is 2.25. The number of ether oxygens (including phenoxy) is 1. The molecule has 1 aromatic carbocycles. The molecule has 1 unspecified atom stereocenters. The van der Waals surface area contributed by atoms with E-state index in [4.69, 9.17) is 4.74 Å². The van der Waals surface area contributed by atoms with Crippen molar-refractivity contribution in [3.63, 3.8) is 0 Å². The molecule has 0 heterocycles. The lowest BCUT2D eigenvalue weighted by atomic mass is 10.3. The van der Waals surface area contributed by atoms with E-state index in [1.54, 1.807) is 0 Å². The van der Waals surface area contributed by atoms with Crippen LogP contribution in [0.3, 0.4) is 0 Å². The Morgan fingerprint density at radius 3 is 2.32 bits per heavy atom. The first-order valence-electron chi connectivity index (χ1n) is 5.05. The van der Waals surface area contributed by atoms with Crippen LogP contribution < -0.4 is 4.72 Å². The smallest absolute Gasteiger partial charge is 0.246 e. The Labute approximate surface area is 117 Å². The number of rotatable bonds is 6. The van der Waals surface area contributed by atoms with Gasteiger partial charge in [0.15, 0.2) is 4.90 Å². The van der Waals surface area contributed by atoms with E-state index < -0.39 is 32.4 Å². The average Bonchev–Trinajstić information content (AvgIpc) is 2.25. The lowest BCUT2D eigenvalue weighted by molar-refractivity contribution is 0.201. The second-order valence-electron chi connectivity index (χ2n) is 3.60. The van der Waals surface area contributed by atoms with Crippen LogP contribution in [-0.2, 0) is 14.8 Å². The first-order valence-corrected chi connectivity index (χ1v) is 7.45. The van der Waals surface area contributed by atoms with Gasteiger partial charge in [0.2, 0.25) is 10.0 Å². The fraction of sp³-hybridized carbons (Fsp3) is 0.400. The van der Waals surface area contributed by atoms with Gasteiger partial charge < -0.3 is 4.74 Å². The zero-order valence-electron chi connectivity index (χ0n) is 9.79. The fourth-order valence-electron chi connectivity index (χ4n) is 1.30. The van der Waals surface area contributed by atoms with E-state index >= 15 is 0 Å². The van der Waals surface area contributed by atoms with E-state index in [1.807, 2.05) is 4.72 Å². The maximum atomic E-state index is 13.3. The highest BCUT2D eigenvalue weighted by atomic mass is 79.9. The van der Waals surface area contributed by atoms with Crippen LogP contribution >= 0.6 is 15.9 Å².